The van der Waals surface area contributed by atoms with Gasteiger partial charge in [-0.05, 0) is 55.2 Å². The zero-order chi connectivity index (χ0) is 24.2. The molecule has 0 bridgehead atoms. The molecular weight excluding hydrogens is 497 g/mol. The van der Waals surface area contributed by atoms with E-state index in [4.69, 9.17) is 32.7 Å². The molecule has 0 fully saturated rings. The minimum Gasteiger partial charge on any atom is -0.484 e. The Hall–Kier alpha value is -2.94. The van der Waals surface area contributed by atoms with Crippen LogP contribution in [0, 0.1) is 0 Å². The molecule has 4 rings (SSSR count). The van der Waals surface area contributed by atoms with Crippen molar-refractivity contribution in [3.63, 3.8) is 0 Å². The first kappa shape index (κ1) is 24.2. The molecule has 0 aromatic heterocycles. The number of carbonyl (C=O) groups is 2. The highest BCUT2D eigenvalue weighted by molar-refractivity contribution is 8.16. The maximum atomic E-state index is 12.7. The van der Waals surface area contributed by atoms with E-state index < -0.39 is 5.97 Å². The van der Waals surface area contributed by atoms with Gasteiger partial charge in [0.1, 0.15) is 5.75 Å². The van der Waals surface area contributed by atoms with Gasteiger partial charge in [-0.3, -0.25) is 4.79 Å². The van der Waals surface area contributed by atoms with Gasteiger partial charge in [0.15, 0.2) is 11.8 Å². The van der Waals surface area contributed by atoms with E-state index in [2.05, 4.69) is 10.3 Å². The maximum Gasteiger partial charge on any atom is 0.338 e. The van der Waals surface area contributed by atoms with E-state index in [9.17, 15) is 9.59 Å². The predicted octanol–water partition coefficient (Wildman–Crippen LogP) is 5.78. The molecule has 0 saturated heterocycles. The molecule has 10 heteroatoms. The van der Waals surface area contributed by atoms with Gasteiger partial charge in [-0.1, -0.05) is 47.1 Å². The van der Waals surface area contributed by atoms with Gasteiger partial charge >= 0.3 is 5.97 Å². The summed E-state index contributed by atoms with van der Waals surface area (Å²) in [6, 6.07) is 11.7. The minimum absolute atomic E-state index is 0.197. The molecule has 2 aliphatic rings. The smallest absolute Gasteiger partial charge is 0.338 e. The summed E-state index contributed by atoms with van der Waals surface area (Å²) >= 11 is 13.5. The van der Waals surface area contributed by atoms with E-state index in [1.54, 1.807) is 37.3 Å². The number of nitrogens with one attached hydrogen (secondary N) is 1. The number of benzene rings is 2. The second-order valence-electron chi connectivity index (χ2n) is 7.36. The molecule has 176 valence electrons. The van der Waals surface area contributed by atoms with Crippen LogP contribution in [0.3, 0.4) is 0 Å². The number of allylic oxidation sites excluding steroid dienone is 1. The summed E-state index contributed by atoms with van der Waals surface area (Å²) < 4.78 is 10.9. The van der Waals surface area contributed by atoms with Crippen molar-refractivity contribution >= 4 is 57.7 Å². The summed E-state index contributed by atoms with van der Waals surface area (Å²) in [6.45, 7) is 3.66. The highest BCUT2D eigenvalue weighted by Crippen LogP contribution is 2.41. The van der Waals surface area contributed by atoms with Crippen LogP contribution in [0.1, 0.15) is 25.5 Å². The molecule has 2 aliphatic heterocycles. The molecule has 0 radical (unpaired) electrons. The minimum atomic E-state index is -0.393. The van der Waals surface area contributed by atoms with Crippen LogP contribution in [0.4, 0.5) is 5.69 Å². The van der Waals surface area contributed by atoms with Gasteiger partial charge in [0.2, 0.25) is 0 Å². The molecule has 0 spiro atoms. The van der Waals surface area contributed by atoms with Crippen molar-refractivity contribution in [2.24, 2.45) is 4.99 Å². The number of rotatable bonds is 7. The Balaban J connectivity index is 1.46. The van der Waals surface area contributed by atoms with Crippen LogP contribution in [-0.2, 0) is 14.3 Å². The zero-order valence-corrected chi connectivity index (χ0v) is 20.7. The number of amidine groups is 1. The average molecular weight is 518 g/mol. The van der Waals surface area contributed by atoms with Crippen molar-refractivity contribution in [3.8, 4) is 5.75 Å². The summed E-state index contributed by atoms with van der Waals surface area (Å²) in [7, 11) is 0. The largest absolute Gasteiger partial charge is 0.484 e. The van der Waals surface area contributed by atoms with Gasteiger partial charge in [-0.2, -0.15) is 0 Å². The number of nitrogens with zero attached hydrogens (tertiary/aromatic N) is 2. The molecule has 0 unspecified atom stereocenters. The lowest BCUT2D eigenvalue weighted by Gasteiger charge is -2.33. The Morgan fingerprint density at radius 1 is 1.18 bits per heavy atom. The molecule has 1 amide bonds. The second-order valence-corrected chi connectivity index (χ2v) is 9.07. The molecular formula is C24H21Cl2N3O4S. The van der Waals surface area contributed by atoms with Crippen molar-refractivity contribution in [1.29, 1.82) is 0 Å². The molecule has 7 nitrogen and oxygen atoms in total. The van der Waals surface area contributed by atoms with E-state index >= 15 is 0 Å². The lowest BCUT2D eigenvalue weighted by molar-refractivity contribution is -0.139. The van der Waals surface area contributed by atoms with Gasteiger partial charge in [-0.15, -0.1) is 0 Å². The summed E-state index contributed by atoms with van der Waals surface area (Å²) in [5.74, 6) is -0.240. The van der Waals surface area contributed by atoms with Crippen LogP contribution >= 0.6 is 35.0 Å². The first-order valence-corrected chi connectivity index (χ1v) is 12.1. The fourth-order valence-corrected chi connectivity index (χ4v) is 4.82. The molecule has 34 heavy (non-hydrogen) atoms. The molecule has 2 aromatic carbocycles. The second kappa shape index (κ2) is 10.5. The van der Waals surface area contributed by atoms with Crippen molar-refractivity contribution in [3.05, 3.63) is 81.0 Å². The fraction of sp³-hybridized carbons (Fsp3) is 0.208. The molecule has 1 N–H and O–H groups in total. The molecule has 0 aliphatic carbocycles. The van der Waals surface area contributed by atoms with Gasteiger partial charge in [0.05, 0.1) is 34.6 Å². The highest BCUT2D eigenvalue weighted by Gasteiger charge is 2.37. The van der Waals surface area contributed by atoms with Crippen LogP contribution in [0.15, 0.2) is 70.3 Å². The Labute approximate surface area is 211 Å². The lowest BCUT2D eigenvalue weighted by atomic mass is 9.95. The number of carbonyl (C=O) groups excluding carboxylic acids is 2. The standard InChI is InChI=1S/C24H21Cl2N3O4S/c1-3-32-23(31)21-14(2)27-24-29(10-11-34-24)22(21)15-4-7-17(8-5-15)33-13-20(30)28-19-9-6-16(25)12-18(19)26/h4-12,22H,3,13H2,1-2H3,(H,28,30)/t22-/m1/s1. The summed E-state index contributed by atoms with van der Waals surface area (Å²) in [4.78, 5) is 31.5. The quantitative estimate of drug-likeness (QED) is 0.469. The number of halogens is 2. The number of aliphatic imine (C=N–C) groups is 1. The normalized spacial score (nSPS) is 16.8. The van der Waals surface area contributed by atoms with Crippen LogP contribution in [-0.4, -0.2) is 35.2 Å². The van der Waals surface area contributed by atoms with Crippen molar-refractivity contribution in [2.75, 3.05) is 18.5 Å². The molecule has 1 atom stereocenters. The number of ether oxygens (including phenoxy) is 2. The van der Waals surface area contributed by atoms with Crippen molar-refractivity contribution in [1.82, 2.24) is 4.90 Å². The number of esters is 1. The highest BCUT2D eigenvalue weighted by atomic mass is 35.5. The third-order valence-electron chi connectivity index (χ3n) is 5.09. The number of hydrogen-bond donors (Lipinski definition) is 1. The third-order valence-corrected chi connectivity index (χ3v) is 6.41. The van der Waals surface area contributed by atoms with Gasteiger partial charge in [-0.25, -0.2) is 9.79 Å². The van der Waals surface area contributed by atoms with Gasteiger partial charge in [0.25, 0.3) is 5.91 Å². The van der Waals surface area contributed by atoms with E-state index in [0.29, 0.717) is 32.8 Å². The molecule has 0 saturated carbocycles. The van der Waals surface area contributed by atoms with E-state index in [-0.39, 0.29) is 25.2 Å². The monoisotopic (exact) mass is 517 g/mol. The summed E-state index contributed by atoms with van der Waals surface area (Å²) in [5, 5.41) is 6.24. The van der Waals surface area contributed by atoms with Gasteiger partial charge in [0, 0.05) is 11.2 Å². The first-order chi connectivity index (χ1) is 16.4. The Bertz CT molecular complexity index is 1210. The number of hydrogen-bond acceptors (Lipinski definition) is 7. The molecule has 2 aromatic rings. The van der Waals surface area contributed by atoms with E-state index in [0.717, 1.165) is 10.7 Å². The maximum absolute atomic E-state index is 12.7. The Morgan fingerprint density at radius 2 is 1.94 bits per heavy atom. The number of thioether (sulfide) groups is 1. The van der Waals surface area contributed by atoms with Crippen LogP contribution in [0.5, 0.6) is 5.75 Å². The third kappa shape index (κ3) is 5.24. The van der Waals surface area contributed by atoms with Crippen molar-refractivity contribution in [2.45, 2.75) is 19.9 Å². The fourth-order valence-electron chi connectivity index (χ4n) is 3.57. The summed E-state index contributed by atoms with van der Waals surface area (Å²) in [5.41, 5.74) is 2.44. The first-order valence-electron chi connectivity index (χ1n) is 10.4. The van der Waals surface area contributed by atoms with E-state index in [1.807, 2.05) is 35.6 Å². The van der Waals surface area contributed by atoms with Crippen LogP contribution in [0.25, 0.3) is 0 Å². The van der Waals surface area contributed by atoms with Gasteiger partial charge < -0.3 is 19.7 Å². The number of fused-ring (bicyclic) bond motifs is 1. The predicted molar refractivity (Wildman–Crippen MR) is 135 cm³/mol. The Morgan fingerprint density at radius 3 is 2.65 bits per heavy atom. The lowest BCUT2D eigenvalue weighted by Crippen LogP contribution is -2.34. The topological polar surface area (TPSA) is 80.2 Å². The number of anilines is 1. The van der Waals surface area contributed by atoms with Crippen LogP contribution in [0.2, 0.25) is 10.0 Å². The summed E-state index contributed by atoms with van der Waals surface area (Å²) in [6.07, 6.45) is 1.90. The number of amides is 1. The molecule has 2 heterocycles. The van der Waals surface area contributed by atoms with Crippen LogP contribution < -0.4 is 10.1 Å². The zero-order valence-electron chi connectivity index (χ0n) is 18.4. The van der Waals surface area contributed by atoms with E-state index in [1.165, 1.54) is 11.8 Å². The average Bonchev–Trinajstić information content (AvgIpc) is 3.27. The van der Waals surface area contributed by atoms with Crippen molar-refractivity contribution < 1.29 is 19.1 Å². The Kier molecular flexibility index (Phi) is 7.50. The SMILES string of the molecule is CCOC(=O)C1=C(C)N=C2SC=CN2[C@@H]1c1ccc(OCC(=O)Nc2ccc(Cl)cc2Cl)cc1.